The maximum absolute atomic E-state index is 8.36. The molecule has 0 amide bonds. The van der Waals surface area contributed by atoms with Crippen LogP contribution in [0.25, 0.3) is 27.9 Å². The van der Waals surface area contributed by atoms with E-state index in [4.69, 9.17) is 24.6 Å². The molecule has 4 aromatic heterocycles. The molecule has 10 heteroatoms. The highest BCUT2D eigenvalue weighted by Crippen LogP contribution is 2.32. The number of morpholine rings is 1. The Bertz CT molecular complexity index is 1420. The minimum atomic E-state index is -0.250. The zero-order valence-corrected chi connectivity index (χ0v) is 18.4. The fraction of sp³-hybridized carbons (Fsp3) is 0.208. The minimum Gasteiger partial charge on any atom is -0.483 e. The number of pyridine rings is 2. The van der Waals surface area contributed by atoms with Crippen molar-refractivity contribution < 1.29 is 14.6 Å². The van der Waals surface area contributed by atoms with E-state index in [0.717, 1.165) is 52.5 Å². The SMILES string of the molecule is O=CO.c1ccc2nc(N3CCOCC3)c(-c3nccn3Cc3cccc4ncnn34)cc2c1. The molecule has 1 fully saturated rings. The topological polar surface area (TPSA) is 111 Å². The highest BCUT2D eigenvalue weighted by Gasteiger charge is 2.21. The van der Waals surface area contributed by atoms with Gasteiger partial charge in [-0.2, -0.15) is 5.10 Å². The lowest BCUT2D eigenvalue weighted by molar-refractivity contribution is -0.122. The Morgan fingerprint density at radius 3 is 2.74 bits per heavy atom. The van der Waals surface area contributed by atoms with E-state index >= 15 is 0 Å². The fourth-order valence-corrected chi connectivity index (χ4v) is 4.16. The van der Waals surface area contributed by atoms with E-state index in [2.05, 4.69) is 43.8 Å². The van der Waals surface area contributed by atoms with Crippen LogP contribution in [0.4, 0.5) is 5.82 Å². The van der Waals surface area contributed by atoms with E-state index in [1.165, 1.54) is 0 Å². The number of aromatic nitrogens is 6. The predicted molar refractivity (Wildman–Crippen MR) is 127 cm³/mol. The summed E-state index contributed by atoms with van der Waals surface area (Å²) in [5.41, 5.74) is 3.88. The Morgan fingerprint density at radius 2 is 1.88 bits per heavy atom. The highest BCUT2D eigenvalue weighted by molar-refractivity contribution is 5.88. The van der Waals surface area contributed by atoms with Crippen LogP contribution >= 0.6 is 0 Å². The normalized spacial score (nSPS) is 13.6. The number of fused-ring (bicyclic) bond motifs is 2. The second kappa shape index (κ2) is 9.67. The lowest BCUT2D eigenvalue weighted by Crippen LogP contribution is -2.37. The molecule has 10 nitrogen and oxygen atoms in total. The Balaban J connectivity index is 0.000000764. The number of benzene rings is 1. The monoisotopic (exact) mass is 457 g/mol. The van der Waals surface area contributed by atoms with Crippen LogP contribution < -0.4 is 4.90 Å². The fourth-order valence-electron chi connectivity index (χ4n) is 4.16. The van der Waals surface area contributed by atoms with Gasteiger partial charge in [-0.05, 0) is 24.3 Å². The molecule has 0 unspecified atom stereocenters. The molecule has 5 heterocycles. The molecule has 34 heavy (non-hydrogen) atoms. The number of carboxylic acid groups (broad SMARTS) is 1. The minimum absolute atomic E-state index is 0.250. The molecule has 5 aromatic rings. The van der Waals surface area contributed by atoms with Crippen molar-refractivity contribution in [2.75, 3.05) is 31.2 Å². The Labute approximate surface area is 195 Å². The largest absolute Gasteiger partial charge is 0.483 e. The number of anilines is 1. The van der Waals surface area contributed by atoms with Crippen molar-refractivity contribution in [1.29, 1.82) is 0 Å². The second-order valence-corrected chi connectivity index (χ2v) is 7.68. The lowest BCUT2D eigenvalue weighted by atomic mass is 10.1. The summed E-state index contributed by atoms with van der Waals surface area (Å²) < 4.78 is 9.58. The first-order valence-electron chi connectivity index (χ1n) is 10.9. The Morgan fingerprint density at radius 1 is 1.06 bits per heavy atom. The van der Waals surface area contributed by atoms with Gasteiger partial charge in [-0.15, -0.1) is 0 Å². The van der Waals surface area contributed by atoms with Gasteiger partial charge in [-0.3, -0.25) is 4.79 Å². The van der Waals surface area contributed by atoms with Crippen LogP contribution in [0.5, 0.6) is 0 Å². The van der Waals surface area contributed by atoms with Crippen LogP contribution in [-0.4, -0.2) is 67.0 Å². The number of ether oxygens (including phenoxy) is 1. The van der Waals surface area contributed by atoms with Gasteiger partial charge in [0.1, 0.15) is 18.0 Å². The van der Waals surface area contributed by atoms with Crippen LogP contribution in [0, 0.1) is 0 Å². The van der Waals surface area contributed by atoms with Gasteiger partial charge in [0.25, 0.3) is 6.47 Å². The highest BCUT2D eigenvalue weighted by atomic mass is 16.5. The summed E-state index contributed by atoms with van der Waals surface area (Å²) in [4.78, 5) is 24.7. The van der Waals surface area contributed by atoms with E-state index in [-0.39, 0.29) is 6.47 Å². The lowest BCUT2D eigenvalue weighted by Gasteiger charge is -2.29. The van der Waals surface area contributed by atoms with Crippen LogP contribution in [0.3, 0.4) is 0 Å². The molecule has 0 atom stereocenters. The number of carbonyl (C=O) groups is 1. The third kappa shape index (κ3) is 4.18. The molecular weight excluding hydrogens is 434 g/mol. The summed E-state index contributed by atoms with van der Waals surface area (Å²) in [5.74, 6) is 1.84. The standard InChI is InChI=1S/C23H21N7O.CH2O2/c1-2-6-20-17(4-1)14-19(23(27-20)28-10-12-31-13-11-28)22-24-8-9-29(22)15-18-5-3-7-21-25-16-26-30(18)21;2-1-3/h1-9,14,16H,10-13,15H2;1H,(H,2,3). The predicted octanol–water partition coefficient (Wildman–Crippen LogP) is 2.73. The van der Waals surface area contributed by atoms with E-state index in [0.29, 0.717) is 19.8 Å². The average Bonchev–Trinajstić information content (AvgIpc) is 3.54. The maximum Gasteiger partial charge on any atom is 0.290 e. The number of rotatable bonds is 4. The quantitative estimate of drug-likeness (QED) is 0.410. The van der Waals surface area contributed by atoms with Gasteiger partial charge >= 0.3 is 0 Å². The number of imidazole rings is 1. The molecule has 0 spiro atoms. The molecule has 1 aliphatic rings. The number of hydrogen-bond donors (Lipinski definition) is 1. The maximum atomic E-state index is 8.36. The summed E-state index contributed by atoms with van der Waals surface area (Å²) >= 11 is 0. The molecule has 1 aliphatic heterocycles. The van der Waals surface area contributed by atoms with E-state index in [1.807, 2.05) is 41.2 Å². The van der Waals surface area contributed by atoms with Gasteiger partial charge in [0.05, 0.1) is 36.5 Å². The van der Waals surface area contributed by atoms with Crippen molar-refractivity contribution in [3.63, 3.8) is 0 Å². The van der Waals surface area contributed by atoms with E-state index < -0.39 is 0 Å². The van der Waals surface area contributed by atoms with Crippen molar-refractivity contribution >= 4 is 28.8 Å². The molecule has 1 N–H and O–H groups in total. The molecule has 1 saturated heterocycles. The van der Waals surface area contributed by atoms with Gasteiger partial charge < -0.3 is 19.3 Å². The van der Waals surface area contributed by atoms with Gasteiger partial charge in [0.2, 0.25) is 0 Å². The summed E-state index contributed by atoms with van der Waals surface area (Å²) in [6.07, 6.45) is 5.43. The summed E-state index contributed by atoms with van der Waals surface area (Å²) in [6, 6.07) is 16.4. The van der Waals surface area contributed by atoms with Gasteiger partial charge in [-0.1, -0.05) is 24.3 Å². The third-order valence-corrected chi connectivity index (χ3v) is 5.68. The molecule has 6 rings (SSSR count). The number of nitrogens with zero attached hydrogens (tertiary/aromatic N) is 7. The smallest absolute Gasteiger partial charge is 0.290 e. The van der Waals surface area contributed by atoms with Crippen molar-refractivity contribution in [1.82, 2.24) is 29.1 Å². The molecule has 0 radical (unpaired) electrons. The van der Waals surface area contributed by atoms with Crippen LogP contribution in [0.1, 0.15) is 5.69 Å². The zero-order valence-electron chi connectivity index (χ0n) is 18.4. The summed E-state index contributed by atoms with van der Waals surface area (Å²) in [7, 11) is 0. The Hall–Kier alpha value is -4.31. The van der Waals surface area contributed by atoms with Gasteiger partial charge in [0.15, 0.2) is 5.65 Å². The van der Waals surface area contributed by atoms with Crippen molar-refractivity contribution in [3.8, 4) is 11.4 Å². The molecule has 0 saturated carbocycles. The van der Waals surface area contributed by atoms with E-state index in [9.17, 15) is 0 Å². The molecule has 0 aliphatic carbocycles. The van der Waals surface area contributed by atoms with Gasteiger partial charge in [0, 0.05) is 30.9 Å². The van der Waals surface area contributed by atoms with Crippen molar-refractivity contribution in [2.24, 2.45) is 0 Å². The van der Waals surface area contributed by atoms with E-state index in [1.54, 1.807) is 6.33 Å². The zero-order chi connectivity index (χ0) is 23.3. The van der Waals surface area contributed by atoms with Crippen LogP contribution in [0.15, 0.2) is 67.3 Å². The number of hydrogen-bond acceptors (Lipinski definition) is 7. The van der Waals surface area contributed by atoms with Crippen LogP contribution in [-0.2, 0) is 16.1 Å². The second-order valence-electron chi connectivity index (χ2n) is 7.68. The molecule has 1 aromatic carbocycles. The first-order valence-corrected chi connectivity index (χ1v) is 10.9. The molecule has 172 valence electrons. The van der Waals surface area contributed by atoms with Gasteiger partial charge in [-0.25, -0.2) is 19.5 Å². The molecular formula is C24H23N7O3. The van der Waals surface area contributed by atoms with Crippen molar-refractivity contribution in [3.05, 3.63) is 72.9 Å². The van der Waals surface area contributed by atoms with Crippen LogP contribution in [0.2, 0.25) is 0 Å². The Kier molecular flexibility index (Phi) is 6.13. The summed E-state index contributed by atoms with van der Waals surface area (Å²) in [5, 5.41) is 12.4. The third-order valence-electron chi connectivity index (χ3n) is 5.68. The number of para-hydroxylation sites is 1. The molecule has 0 bridgehead atoms. The first-order chi connectivity index (χ1) is 16.8. The first kappa shape index (κ1) is 21.5. The average molecular weight is 457 g/mol. The summed E-state index contributed by atoms with van der Waals surface area (Å²) in [6.45, 7) is 3.42. The van der Waals surface area contributed by atoms with Crippen molar-refractivity contribution in [2.45, 2.75) is 6.54 Å².